The van der Waals surface area contributed by atoms with Crippen LogP contribution in [0.1, 0.15) is 26.7 Å². The highest BCUT2D eigenvalue weighted by atomic mass is 16.3. The molecule has 4 N–H and O–H groups in total. The highest BCUT2D eigenvalue weighted by molar-refractivity contribution is 5.93. The van der Waals surface area contributed by atoms with E-state index in [9.17, 15) is 9.90 Å². The highest BCUT2D eigenvalue weighted by Crippen LogP contribution is 2.23. The van der Waals surface area contributed by atoms with Gasteiger partial charge in [0, 0.05) is 6.20 Å². The molecule has 0 spiro atoms. The van der Waals surface area contributed by atoms with Gasteiger partial charge in [0.1, 0.15) is 5.69 Å². The van der Waals surface area contributed by atoms with Crippen LogP contribution < -0.4 is 10.6 Å². The Bertz CT molecular complexity index is 613. The number of rotatable bonds is 6. The molecule has 0 radical (unpaired) electrons. The van der Waals surface area contributed by atoms with Crippen LogP contribution in [0.15, 0.2) is 30.6 Å². The molecule has 0 aliphatic carbocycles. The topological polar surface area (TPSA) is 103 Å². The summed E-state index contributed by atoms with van der Waals surface area (Å²) in [6.45, 7) is 3.70. The summed E-state index contributed by atoms with van der Waals surface area (Å²) < 4.78 is 0. The Hall–Kier alpha value is -2.41. The van der Waals surface area contributed by atoms with Crippen molar-refractivity contribution < 1.29 is 9.90 Å². The third-order valence-corrected chi connectivity index (χ3v) is 3.37. The van der Waals surface area contributed by atoms with Gasteiger partial charge in [-0.15, -0.1) is 0 Å². The quantitative estimate of drug-likeness (QED) is 0.656. The summed E-state index contributed by atoms with van der Waals surface area (Å²) in [5, 5.41) is 21.8. The number of aromatic amines is 1. The van der Waals surface area contributed by atoms with Crippen LogP contribution in [-0.2, 0) is 0 Å². The van der Waals surface area contributed by atoms with Crippen LogP contribution in [0, 0.1) is 0 Å². The maximum atomic E-state index is 12.1. The Morgan fingerprint density at radius 1 is 1.45 bits per heavy atom. The van der Waals surface area contributed by atoms with Crippen molar-refractivity contribution in [2.45, 2.75) is 32.2 Å². The van der Waals surface area contributed by atoms with Crippen molar-refractivity contribution in [1.29, 1.82) is 0 Å². The summed E-state index contributed by atoms with van der Waals surface area (Å²) in [5.41, 5.74) is 1.21. The molecule has 0 aromatic carbocycles. The molecule has 2 aromatic heterocycles. The number of anilines is 1. The van der Waals surface area contributed by atoms with E-state index in [1.807, 2.05) is 32.0 Å². The minimum Gasteiger partial charge on any atom is -0.394 e. The molecule has 1 atom stereocenters. The molecule has 0 aliphatic heterocycles. The number of pyridine rings is 1. The van der Waals surface area contributed by atoms with Crippen LogP contribution >= 0.6 is 0 Å². The van der Waals surface area contributed by atoms with E-state index in [4.69, 9.17) is 0 Å². The second kappa shape index (κ2) is 7.04. The summed E-state index contributed by atoms with van der Waals surface area (Å²) in [7, 11) is 0. The number of nitrogens with one attached hydrogen (secondary N) is 3. The summed E-state index contributed by atoms with van der Waals surface area (Å²) in [6.07, 6.45) is 4.75. The minimum atomic E-state index is -0.645. The monoisotopic (exact) mass is 303 g/mol. The second-order valence-corrected chi connectivity index (χ2v) is 5.42. The summed E-state index contributed by atoms with van der Waals surface area (Å²) in [6, 6.07) is 5.11. The average Bonchev–Trinajstić information content (AvgIpc) is 2.96. The number of carbonyl (C=O) groups excluding carboxylic acids is 1. The van der Waals surface area contributed by atoms with Crippen molar-refractivity contribution in [2.24, 2.45) is 0 Å². The molecule has 0 saturated carbocycles. The van der Waals surface area contributed by atoms with Crippen molar-refractivity contribution in [3.63, 3.8) is 0 Å². The summed E-state index contributed by atoms with van der Waals surface area (Å²) in [5.74, 6) is 0. The van der Waals surface area contributed by atoms with Crippen LogP contribution in [0.2, 0.25) is 0 Å². The summed E-state index contributed by atoms with van der Waals surface area (Å²) in [4.78, 5) is 16.4. The Balaban J connectivity index is 2.09. The maximum absolute atomic E-state index is 12.1. The maximum Gasteiger partial charge on any atom is 0.319 e. The number of nitrogens with zero attached hydrogens (tertiary/aromatic N) is 2. The number of carbonyl (C=O) groups is 1. The van der Waals surface area contributed by atoms with Crippen molar-refractivity contribution in [2.75, 3.05) is 11.9 Å². The smallest absolute Gasteiger partial charge is 0.319 e. The zero-order chi connectivity index (χ0) is 16.0. The van der Waals surface area contributed by atoms with E-state index < -0.39 is 5.54 Å². The van der Waals surface area contributed by atoms with Crippen molar-refractivity contribution >= 4 is 11.7 Å². The zero-order valence-electron chi connectivity index (χ0n) is 12.8. The molecule has 2 heterocycles. The Morgan fingerprint density at radius 2 is 2.27 bits per heavy atom. The summed E-state index contributed by atoms with van der Waals surface area (Å²) >= 11 is 0. The third-order valence-electron chi connectivity index (χ3n) is 3.37. The molecule has 7 nitrogen and oxygen atoms in total. The molecule has 0 bridgehead atoms. The molecule has 22 heavy (non-hydrogen) atoms. The van der Waals surface area contributed by atoms with Crippen molar-refractivity contribution in [3.8, 4) is 11.4 Å². The molecular weight excluding hydrogens is 282 g/mol. The molecular formula is C15H21N5O2. The first-order valence-electron chi connectivity index (χ1n) is 7.23. The van der Waals surface area contributed by atoms with Gasteiger partial charge in [0.2, 0.25) is 0 Å². The van der Waals surface area contributed by atoms with Crippen LogP contribution in [-0.4, -0.2) is 38.5 Å². The number of amides is 2. The van der Waals surface area contributed by atoms with E-state index in [1.165, 1.54) is 6.20 Å². The fourth-order valence-electron chi connectivity index (χ4n) is 2.25. The average molecular weight is 303 g/mol. The van der Waals surface area contributed by atoms with Crippen molar-refractivity contribution in [1.82, 2.24) is 20.5 Å². The number of H-pyrrole nitrogens is 1. The number of aliphatic hydroxyl groups excluding tert-OH is 1. The second-order valence-electron chi connectivity index (χ2n) is 5.42. The van der Waals surface area contributed by atoms with Gasteiger partial charge in [0.15, 0.2) is 0 Å². The number of hydrogen-bond donors (Lipinski definition) is 4. The lowest BCUT2D eigenvalue weighted by Gasteiger charge is -2.28. The van der Waals surface area contributed by atoms with E-state index in [-0.39, 0.29) is 12.6 Å². The van der Waals surface area contributed by atoms with E-state index in [1.54, 1.807) is 6.20 Å². The van der Waals surface area contributed by atoms with Crippen LogP contribution in [0.4, 0.5) is 10.5 Å². The van der Waals surface area contributed by atoms with Gasteiger partial charge in [-0.25, -0.2) is 4.79 Å². The van der Waals surface area contributed by atoms with Gasteiger partial charge in [-0.3, -0.25) is 10.1 Å². The molecule has 1 unspecified atom stereocenters. The number of aromatic nitrogens is 3. The van der Waals surface area contributed by atoms with E-state index in [2.05, 4.69) is 25.8 Å². The molecule has 7 heteroatoms. The Morgan fingerprint density at radius 3 is 2.91 bits per heavy atom. The predicted molar refractivity (Wildman–Crippen MR) is 84.4 cm³/mol. The molecule has 2 aromatic rings. The van der Waals surface area contributed by atoms with Crippen LogP contribution in [0.5, 0.6) is 0 Å². The fourth-order valence-corrected chi connectivity index (χ4v) is 2.25. The first-order chi connectivity index (χ1) is 10.6. The fraction of sp³-hybridized carbons (Fsp3) is 0.400. The van der Waals surface area contributed by atoms with Gasteiger partial charge < -0.3 is 15.7 Å². The van der Waals surface area contributed by atoms with Gasteiger partial charge in [0.25, 0.3) is 0 Å². The van der Waals surface area contributed by atoms with E-state index in [0.717, 1.165) is 6.42 Å². The normalized spacial score (nSPS) is 13.4. The van der Waals surface area contributed by atoms with E-state index in [0.29, 0.717) is 23.5 Å². The Kier molecular flexibility index (Phi) is 5.11. The van der Waals surface area contributed by atoms with Crippen LogP contribution in [0.25, 0.3) is 11.4 Å². The lowest BCUT2D eigenvalue weighted by molar-refractivity contribution is 0.167. The minimum absolute atomic E-state index is 0.118. The van der Waals surface area contributed by atoms with Crippen LogP contribution in [0.3, 0.4) is 0 Å². The molecule has 0 aliphatic rings. The first kappa shape index (κ1) is 16.0. The van der Waals surface area contributed by atoms with E-state index >= 15 is 0 Å². The largest absolute Gasteiger partial charge is 0.394 e. The Labute approximate surface area is 129 Å². The van der Waals surface area contributed by atoms with Gasteiger partial charge in [0.05, 0.1) is 29.7 Å². The highest BCUT2D eigenvalue weighted by Gasteiger charge is 2.25. The molecule has 2 amide bonds. The number of urea groups is 1. The number of hydrogen-bond acceptors (Lipinski definition) is 4. The lowest BCUT2D eigenvalue weighted by Crippen LogP contribution is -2.50. The molecule has 2 rings (SSSR count). The van der Waals surface area contributed by atoms with Gasteiger partial charge in [-0.1, -0.05) is 19.4 Å². The number of aliphatic hydroxyl groups is 1. The lowest BCUT2D eigenvalue weighted by atomic mass is 9.98. The molecule has 0 fully saturated rings. The predicted octanol–water partition coefficient (Wildman–Crippen LogP) is 2.14. The van der Waals surface area contributed by atoms with Crippen molar-refractivity contribution in [3.05, 3.63) is 30.6 Å². The molecule has 118 valence electrons. The molecule has 0 saturated heterocycles. The SMILES string of the molecule is CCCC(C)(CO)NC(=O)Nc1cn[nH]c1-c1ccccn1. The van der Waals surface area contributed by atoms with Gasteiger partial charge in [-0.2, -0.15) is 5.10 Å². The standard InChI is InChI=1S/C15H21N5O2/c1-3-7-15(2,10-21)19-14(22)18-12-9-17-20-13(12)11-6-4-5-8-16-11/h4-6,8-9,21H,3,7,10H2,1-2H3,(H,17,20)(H2,18,19,22). The van der Waals surface area contributed by atoms with Gasteiger partial charge in [-0.05, 0) is 25.5 Å². The zero-order valence-corrected chi connectivity index (χ0v) is 12.8. The van der Waals surface area contributed by atoms with Gasteiger partial charge >= 0.3 is 6.03 Å². The first-order valence-corrected chi connectivity index (χ1v) is 7.23. The third kappa shape index (κ3) is 3.82.